The first-order chi connectivity index (χ1) is 14.3. The monoisotopic (exact) mass is 413 g/mol. The van der Waals surface area contributed by atoms with E-state index in [1.807, 2.05) is 35.9 Å². The molecule has 3 aromatic rings. The van der Waals surface area contributed by atoms with Gasteiger partial charge in [-0.25, -0.2) is 4.98 Å². The molecule has 1 unspecified atom stereocenters. The zero-order chi connectivity index (χ0) is 21.8. The van der Waals surface area contributed by atoms with Gasteiger partial charge in [-0.15, -0.1) is 0 Å². The Bertz CT molecular complexity index is 1030. The van der Waals surface area contributed by atoms with Crippen LogP contribution in [0.1, 0.15) is 46.2 Å². The molecule has 0 aromatic carbocycles. The van der Waals surface area contributed by atoms with E-state index in [2.05, 4.69) is 34.0 Å². The third-order valence-electron chi connectivity index (χ3n) is 5.59. The molecule has 10 nitrogen and oxygen atoms in total. The quantitative estimate of drug-likeness (QED) is 0.626. The van der Waals surface area contributed by atoms with Gasteiger partial charge in [0.2, 0.25) is 5.91 Å². The lowest BCUT2D eigenvalue weighted by molar-refractivity contribution is -0.132. The van der Waals surface area contributed by atoms with Gasteiger partial charge in [0.15, 0.2) is 0 Å². The van der Waals surface area contributed by atoms with Crippen molar-refractivity contribution in [3.8, 4) is 0 Å². The number of imidazole rings is 1. The fourth-order valence-corrected chi connectivity index (χ4v) is 3.76. The molecule has 4 rings (SSSR count). The van der Waals surface area contributed by atoms with Crippen molar-refractivity contribution in [2.45, 2.75) is 46.2 Å². The molecule has 0 aliphatic carbocycles. The van der Waals surface area contributed by atoms with Crippen LogP contribution in [0.25, 0.3) is 0 Å². The molecule has 1 atom stereocenters. The smallest absolute Gasteiger partial charge is 0.290 e. The van der Waals surface area contributed by atoms with Crippen LogP contribution >= 0.6 is 0 Å². The van der Waals surface area contributed by atoms with Crippen LogP contribution in [0.4, 0.5) is 0 Å². The zero-order valence-corrected chi connectivity index (χ0v) is 17.7. The second-order valence-electron chi connectivity index (χ2n) is 7.41. The summed E-state index contributed by atoms with van der Waals surface area (Å²) >= 11 is 0. The van der Waals surface area contributed by atoms with Crippen LogP contribution in [0.5, 0.6) is 0 Å². The number of aromatic amines is 1. The van der Waals surface area contributed by atoms with E-state index in [1.54, 1.807) is 11.0 Å². The lowest BCUT2D eigenvalue weighted by atomic mass is 9.93. The number of amides is 1. The average molecular weight is 413 g/mol. The van der Waals surface area contributed by atoms with Crippen molar-refractivity contribution in [1.29, 1.82) is 0 Å². The summed E-state index contributed by atoms with van der Waals surface area (Å²) in [6.07, 6.45) is 6.00. The second-order valence-corrected chi connectivity index (χ2v) is 7.41. The number of carboxylic acid groups (broad SMARTS) is 1. The largest absolute Gasteiger partial charge is 0.483 e. The van der Waals surface area contributed by atoms with E-state index in [4.69, 9.17) is 9.90 Å². The van der Waals surface area contributed by atoms with Crippen molar-refractivity contribution >= 4 is 12.4 Å². The Labute approximate surface area is 174 Å². The van der Waals surface area contributed by atoms with Crippen molar-refractivity contribution in [3.05, 3.63) is 52.6 Å². The Balaban J connectivity index is 0.000000806. The highest BCUT2D eigenvalue weighted by Gasteiger charge is 2.31. The summed E-state index contributed by atoms with van der Waals surface area (Å²) in [6.45, 7) is 7.67. The minimum Gasteiger partial charge on any atom is -0.483 e. The van der Waals surface area contributed by atoms with Crippen LogP contribution < -0.4 is 0 Å². The van der Waals surface area contributed by atoms with Gasteiger partial charge in [-0.05, 0) is 26.3 Å². The average Bonchev–Trinajstić information content (AvgIpc) is 3.42. The molecule has 0 radical (unpaired) electrons. The van der Waals surface area contributed by atoms with E-state index in [-0.39, 0.29) is 18.3 Å². The maximum atomic E-state index is 12.9. The first-order valence-corrected chi connectivity index (χ1v) is 9.72. The Morgan fingerprint density at radius 2 is 2.10 bits per heavy atom. The maximum Gasteiger partial charge on any atom is 0.290 e. The summed E-state index contributed by atoms with van der Waals surface area (Å²) in [6, 6.07) is 0. The van der Waals surface area contributed by atoms with E-state index in [0.29, 0.717) is 26.1 Å². The molecule has 0 saturated carbocycles. The van der Waals surface area contributed by atoms with Crippen LogP contribution in [0.15, 0.2) is 18.7 Å². The van der Waals surface area contributed by atoms with Gasteiger partial charge < -0.3 is 15.0 Å². The fourth-order valence-electron chi connectivity index (χ4n) is 3.76. The first-order valence-electron chi connectivity index (χ1n) is 9.72. The first kappa shape index (κ1) is 21.3. The molecule has 2 N–H and O–H groups in total. The normalized spacial score (nSPS) is 15.3. The molecular weight excluding hydrogens is 386 g/mol. The zero-order valence-electron chi connectivity index (χ0n) is 17.7. The van der Waals surface area contributed by atoms with Crippen molar-refractivity contribution in [2.75, 3.05) is 6.54 Å². The van der Waals surface area contributed by atoms with E-state index >= 15 is 0 Å². The SMILES string of the molecule is Cc1nn(CCC(=O)N2Cc3[nH]cnc3C(c3cnn(C)c3)C2)c(C)c1C.O=CO. The molecule has 160 valence electrons. The summed E-state index contributed by atoms with van der Waals surface area (Å²) in [4.78, 5) is 30.9. The Hall–Kier alpha value is -3.43. The van der Waals surface area contributed by atoms with Gasteiger partial charge in [0.25, 0.3) is 6.47 Å². The topological polar surface area (TPSA) is 122 Å². The van der Waals surface area contributed by atoms with Gasteiger partial charge in [-0.1, -0.05) is 0 Å². The number of nitrogens with zero attached hydrogens (tertiary/aromatic N) is 6. The van der Waals surface area contributed by atoms with Crippen LogP contribution in [0, 0.1) is 20.8 Å². The van der Waals surface area contributed by atoms with E-state index in [0.717, 1.165) is 28.3 Å². The van der Waals surface area contributed by atoms with Crippen molar-refractivity contribution in [2.24, 2.45) is 7.05 Å². The summed E-state index contributed by atoms with van der Waals surface area (Å²) < 4.78 is 3.72. The van der Waals surface area contributed by atoms with Gasteiger partial charge in [-0.3, -0.25) is 19.0 Å². The molecule has 10 heteroatoms. The summed E-state index contributed by atoms with van der Waals surface area (Å²) in [5.74, 6) is 0.183. The lowest BCUT2D eigenvalue weighted by Crippen LogP contribution is -2.39. The summed E-state index contributed by atoms with van der Waals surface area (Å²) in [5.41, 5.74) is 6.45. The lowest BCUT2D eigenvalue weighted by Gasteiger charge is -2.31. The number of fused-ring (bicyclic) bond motifs is 1. The molecule has 0 fully saturated rings. The van der Waals surface area contributed by atoms with Gasteiger partial charge in [-0.2, -0.15) is 10.2 Å². The number of carbonyl (C=O) groups is 2. The minimum absolute atomic E-state index is 0.0496. The molecule has 4 heterocycles. The number of aryl methyl sites for hydroxylation is 3. The number of carbonyl (C=O) groups excluding carboxylic acids is 1. The Kier molecular flexibility index (Phi) is 6.34. The fraction of sp³-hybridized carbons (Fsp3) is 0.450. The van der Waals surface area contributed by atoms with E-state index in [9.17, 15) is 4.79 Å². The van der Waals surface area contributed by atoms with Crippen LogP contribution in [-0.4, -0.2) is 58.5 Å². The minimum atomic E-state index is -0.250. The van der Waals surface area contributed by atoms with Gasteiger partial charge in [0.1, 0.15) is 0 Å². The van der Waals surface area contributed by atoms with Gasteiger partial charge >= 0.3 is 0 Å². The number of H-pyrrole nitrogens is 1. The van der Waals surface area contributed by atoms with Gasteiger partial charge in [0.05, 0.1) is 36.2 Å². The van der Waals surface area contributed by atoms with Crippen molar-refractivity contribution in [1.82, 2.24) is 34.4 Å². The Morgan fingerprint density at radius 1 is 1.37 bits per heavy atom. The molecule has 0 saturated heterocycles. The number of nitrogens with one attached hydrogen (secondary N) is 1. The van der Waals surface area contributed by atoms with Crippen molar-refractivity contribution in [3.63, 3.8) is 0 Å². The molecule has 3 aromatic heterocycles. The number of hydrogen-bond acceptors (Lipinski definition) is 5. The maximum absolute atomic E-state index is 12.9. The van der Waals surface area contributed by atoms with Crippen LogP contribution in [0.3, 0.4) is 0 Å². The summed E-state index contributed by atoms with van der Waals surface area (Å²) in [7, 11) is 1.90. The van der Waals surface area contributed by atoms with Gasteiger partial charge in [0, 0.05) is 49.9 Å². The number of aromatic nitrogens is 6. The Morgan fingerprint density at radius 3 is 2.70 bits per heavy atom. The molecule has 1 amide bonds. The predicted octanol–water partition coefficient (Wildman–Crippen LogP) is 1.53. The third kappa shape index (κ3) is 4.27. The highest BCUT2D eigenvalue weighted by atomic mass is 16.3. The van der Waals surface area contributed by atoms with E-state index in [1.165, 1.54) is 5.56 Å². The standard InChI is InChI=1S/C19H25N7O.CH2O2/c1-12-13(2)23-26(14(12)3)6-5-18(27)25-9-16(15-7-22-24(4)8-15)19-17(10-25)20-11-21-19;2-1-3/h7-8,11,16H,5-6,9-10H2,1-4H3,(H,20,21);1H,(H,2,3). The highest BCUT2D eigenvalue weighted by molar-refractivity contribution is 5.76. The predicted molar refractivity (Wildman–Crippen MR) is 109 cm³/mol. The summed E-state index contributed by atoms with van der Waals surface area (Å²) in [5, 5.41) is 15.7. The van der Waals surface area contributed by atoms with Crippen LogP contribution in [0.2, 0.25) is 0 Å². The molecule has 0 bridgehead atoms. The van der Waals surface area contributed by atoms with E-state index < -0.39 is 0 Å². The highest BCUT2D eigenvalue weighted by Crippen LogP contribution is 2.31. The van der Waals surface area contributed by atoms with Crippen LogP contribution in [-0.2, 0) is 29.7 Å². The molecule has 1 aliphatic rings. The number of hydrogen-bond donors (Lipinski definition) is 2. The molecule has 1 aliphatic heterocycles. The number of rotatable bonds is 4. The molecule has 0 spiro atoms. The molecule has 30 heavy (non-hydrogen) atoms. The molecular formula is C20H27N7O3. The second kappa shape index (κ2) is 8.93. The van der Waals surface area contributed by atoms with Crippen molar-refractivity contribution < 1.29 is 14.7 Å². The third-order valence-corrected chi connectivity index (χ3v) is 5.59.